The second kappa shape index (κ2) is 5.56. The highest BCUT2D eigenvalue weighted by molar-refractivity contribution is 5.60. The summed E-state index contributed by atoms with van der Waals surface area (Å²) in [5.74, 6) is 0. The molecule has 0 aromatic carbocycles. The number of nitrogens with zero attached hydrogens (tertiary/aromatic N) is 4. The highest BCUT2D eigenvalue weighted by Gasteiger charge is 2.05. The van der Waals surface area contributed by atoms with Gasteiger partial charge in [-0.2, -0.15) is 9.83 Å². The Labute approximate surface area is 106 Å². The molecule has 0 saturated carbocycles. The Morgan fingerprint density at radius 3 is 1.94 bits per heavy atom. The smallest absolute Gasteiger partial charge is 0.249 e. The second-order valence-electron chi connectivity index (χ2n) is 3.82. The van der Waals surface area contributed by atoms with E-state index in [-0.39, 0.29) is 0 Å². The number of aromatic nitrogens is 2. The van der Waals surface area contributed by atoms with Crippen LogP contribution in [-0.4, -0.2) is 0 Å². The summed E-state index contributed by atoms with van der Waals surface area (Å²) in [6.45, 7) is 7.50. The number of pyridine rings is 2. The molecule has 2 heterocycles. The maximum Gasteiger partial charge on any atom is 0.406 e. The van der Waals surface area contributed by atoms with Crippen LogP contribution in [0.25, 0.3) is 16.0 Å². The first kappa shape index (κ1) is 11.8. The average molecular weight is 236 g/mol. The third-order valence-corrected chi connectivity index (χ3v) is 2.60. The Morgan fingerprint density at radius 1 is 1.00 bits per heavy atom. The van der Waals surface area contributed by atoms with Gasteiger partial charge in [0.15, 0.2) is 24.8 Å². The van der Waals surface area contributed by atoms with Crippen LogP contribution in [0.5, 0.6) is 0 Å². The maximum absolute atomic E-state index is 8.59. The van der Waals surface area contributed by atoms with E-state index in [1.807, 2.05) is 58.2 Å². The van der Waals surface area contributed by atoms with Crippen LogP contribution < -0.4 is 9.13 Å². The Bertz CT molecular complexity index is 543. The Hall–Kier alpha value is -2.72. The van der Waals surface area contributed by atoms with E-state index in [0.717, 1.165) is 11.1 Å². The van der Waals surface area contributed by atoms with Crippen LogP contribution in [0.2, 0.25) is 0 Å². The van der Waals surface area contributed by atoms with Crippen molar-refractivity contribution in [3.63, 3.8) is 0 Å². The first-order valence-electron chi connectivity index (χ1n) is 5.52. The molecule has 86 valence electrons. The molecule has 2 aromatic rings. The fraction of sp³-hybridized carbons (Fsp3) is 0.143. The predicted molar refractivity (Wildman–Crippen MR) is 64.5 cm³/mol. The van der Waals surface area contributed by atoms with Gasteiger partial charge in [0.05, 0.1) is 0 Å². The van der Waals surface area contributed by atoms with E-state index >= 15 is 0 Å². The van der Waals surface area contributed by atoms with Crippen LogP contribution in [-0.2, 0) is 13.2 Å². The van der Waals surface area contributed by atoms with E-state index in [4.69, 9.17) is 11.8 Å². The van der Waals surface area contributed by atoms with Crippen molar-refractivity contribution in [3.05, 3.63) is 60.5 Å². The van der Waals surface area contributed by atoms with Gasteiger partial charge in [0.25, 0.3) is 0 Å². The van der Waals surface area contributed by atoms with Crippen LogP contribution in [0.15, 0.2) is 49.1 Å². The molecule has 0 aliphatic carbocycles. The molecule has 4 nitrogen and oxygen atoms in total. The van der Waals surface area contributed by atoms with Gasteiger partial charge in [-0.15, -0.1) is 4.57 Å². The summed E-state index contributed by atoms with van der Waals surface area (Å²) in [7, 11) is 0. The van der Waals surface area contributed by atoms with E-state index in [1.54, 1.807) is 0 Å². The number of rotatable bonds is 3. The number of nitriles is 1. The van der Waals surface area contributed by atoms with E-state index in [0.29, 0.717) is 13.2 Å². The fourth-order valence-electron chi connectivity index (χ4n) is 1.66. The minimum absolute atomic E-state index is 0.344. The van der Waals surface area contributed by atoms with Gasteiger partial charge >= 0.3 is 6.67 Å². The molecular formula is C14H12N4+2. The highest BCUT2D eigenvalue weighted by Crippen LogP contribution is 2.15. The van der Waals surface area contributed by atoms with Gasteiger partial charge in [0.2, 0.25) is 6.54 Å². The zero-order chi connectivity index (χ0) is 12.8. The summed E-state index contributed by atoms with van der Waals surface area (Å²) in [5.41, 5.74) is 2.19. The molecule has 2 aromatic heterocycles. The molecule has 0 unspecified atom stereocenters. The summed E-state index contributed by atoms with van der Waals surface area (Å²) in [4.78, 5) is 3.32. The van der Waals surface area contributed by atoms with E-state index in [1.165, 1.54) is 0 Å². The topological polar surface area (TPSA) is 35.9 Å². The molecule has 0 N–H and O–H groups in total. The highest BCUT2D eigenvalue weighted by atomic mass is 15.0. The molecule has 0 fully saturated rings. The van der Waals surface area contributed by atoms with Crippen LogP contribution in [0.4, 0.5) is 0 Å². The molecule has 0 bridgehead atoms. The largest absolute Gasteiger partial charge is 0.406 e. The molecule has 0 amide bonds. The fourth-order valence-corrected chi connectivity index (χ4v) is 1.66. The lowest BCUT2D eigenvalue weighted by molar-refractivity contribution is -0.687. The van der Waals surface area contributed by atoms with Crippen molar-refractivity contribution in [1.29, 1.82) is 5.26 Å². The van der Waals surface area contributed by atoms with Gasteiger partial charge in [-0.3, -0.25) is 0 Å². The van der Waals surface area contributed by atoms with Gasteiger partial charge in [0, 0.05) is 24.3 Å². The molecule has 2 rings (SSSR count). The Morgan fingerprint density at radius 2 is 1.50 bits per heavy atom. The van der Waals surface area contributed by atoms with Crippen molar-refractivity contribution in [2.75, 3.05) is 0 Å². The van der Waals surface area contributed by atoms with Crippen molar-refractivity contribution in [2.24, 2.45) is 0 Å². The lowest BCUT2D eigenvalue weighted by Crippen LogP contribution is -2.31. The van der Waals surface area contributed by atoms with Gasteiger partial charge in [-0.25, -0.2) is 11.4 Å². The van der Waals surface area contributed by atoms with E-state index in [2.05, 4.69) is 10.9 Å². The lowest BCUT2D eigenvalue weighted by atomic mass is 10.1. The quantitative estimate of drug-likeness (QED) is 0.585. The van der Waals surface area contributed by atoms with Crippen LogP contribution in [0, 0.1) is 17.9 Å². The normalized spacial score (nSPS) is 9.44. The van der Waals surface area contributed by atoms with Gasteiger partial charge in [-0.1, -0.05) is 0 Å². The third kappa shape index (κ3) is 2.69. The minimum atomic E-state index is 0.344. The molecule has 0 aliphatic heterocycles. The Kier molecular flexibility index (Phi) is 3.63. The summed E-state index contributed by atoms with van der Waals surface area (Å²) in [6, 6.07) is 10.0. The first-order chi connectivity index (χ1) is 8.83. The van der Waals surface area contributed by atoms with Crippen molar-refractivity contribution in [1.82, 2.24) is 0 Å². The second-order valence-corrected chi connectivity index (χ2v) is 3.82. The molecule has 0 spiro atoms. The number of hydrogen-bond acceptors (Lipinski definition) is 1. The van der Waals surface area contributed by atoms with Crippen LogP contribution in [0.3, 0.4) is 0 Å². The lowest BCUT2D eigenvalue weighted by Gasteiger charge is -1.98. The van der Waals surface area contributed by atoms with Crippen molar-refractivity contribution in [3.8, 4) is 17.2 Å². The summed E-state index contributed by atoms with van der Waals surface area (Å²) >= 11 is 0. The monoisotopic (exact) mass is 236 g/mol. The Balaban J connectivity index is 2.21. The zero-order valence-corrected chi connectivity index (χ0v) is 9.82. The zero-order valence-electron chi connectivity index (χ0n) is 9.82. The molecule has 0 radical (unpaired) electrons. The minimum Gasteiger partial charge on any atom is -0.249 e. The van der Waals surface area contributed by atoms with Gasteiger partial charge in [0.1, 0.15) is 6.07 Å². The summed E-state index contributed by atoms with van der Waals surface area (Å²) < 4.78 is 3.65. The predicted octanol–water partition coefficient (Wildman–Crippen LogP) is 1.33. The van der Waals surface area contributed by atoms with E-state index in [9.17, 15) is 0 Å². The molecular weight excluding hydrogens is 224 g/mol. The van der Waals surface area contributed by atoms with Gasteiger partial charge < -0.3 is 0 Å². The molecule has 0 atom stereocenters. The maximum atomic E-state index is 8.59. The summed E-state index contributed by atoms with van der Waals surface area (Å²) in [6.07, 6.45) is 7.56. The summed E-state index contributed by atoms with van der Waals surface area (Å²) in [5, 5.41) is 8.59. The van der Waals surface area contributed by atoms with E-state index < -0.39 is 0 Å². The van der Waals surface area contributed by atoms with Crippen LogP contribution in [0.1, 0.15) is 0 Å². The SMILES string of the molecule is [C-]#[N+]C[n+]1ccc(-c2cc[n+](CC#N)cc2)cc1. The van der Waals surface area contributed by atoms with Crippen molar-refractivity contribution in [2.45, 2.75) is 13.2 Å². The standard InChI is InChI=1S/C14H12N4/c1-16-12-18-9-4-14(5-10-18)13-2-7-17(8-3-13)11-6-15/h2-5,7-10H,11-12H2/q+2. The molecule has 4 heteroatoms. The van der Waals surface area contributed by atoms with Crippen molar-refractivity contribution >= 4 is 0 Å². The molecule has 0 saturated heterocycles. The van der Waals surface area contributed by atoms with Crippen LogP contribution >= 0.6 is 0 Å². The number of hydrogen-bond donors (Lipinski definition) is 0. The van der Waals surface area contributed by atoms with Crippen molar-refractivity contribution < 1.29 is 9.13 Å². The molecule has 18 heavy (non-hydrogen) atoms. The van der Waals surface area contributed by atoms with Gasteiger partial charge in [-0.05, 0) is 11.1 Å². The third-order valence-electron chi connectivity index (χ3n) is 2.60. The molecule has 0 aliphatic rings. The average Bonchev–Trinajstić information content (AvgIpc) is 2.41. The first-order valence-corrected chi connectivity index (χ1v) is 5.52.